The number of aromatic hydroxyl groups is 1. The molecule has 114 valence electrons. The van der Waals surface area contributed by atoms with Gasteiger partial charge in [-0.15, -0.1) is 0 Å². The molecule has 0 aliphatic rings. The minimum absolute atomic E-state index is 0. The summed E-state index contributed by atoms with van der Waals surface area (Å²) >= 11 is 0. The van der Waals surface area contributed by atoms with Crippen LogP contribution in [-0.4, -0.2) is 40.2 Å². The topological polar surface area (TPSA) is 122 Å². The maximum Gasteiger partial charge on any atom is 0.336 e. The fourth-order valence-electron chi connectivity index (χ4n) is 2.10. The third-order valence-corrected chi connectivity index (χ3v) is 3.00. The van der Waals surface area contributed by atoms with E-state index >= 15 is 0 Å². The van der Waals surface area contributed by atoms with Crippen molar-refractivity contribution in [2.24, 2.45) is 0 Å². The summed E-state index contributed by atoms with van der Waals surface area (Å²) in [4.78, 5) is 23.5. The number of benzene rings is 1. The minimum atomic E-state index is -0.935. The lowest BCUT2D eigenvalue weighted by atomic mass is 10.1. The molecule has 1 aromatic heterocycles. The van der Waals surface area contributed by atoms with E-state index in [1.807, 2.05) is 0 Å². The summed E-state index contributed by atoms with van der Waals surface area (Å²) in [5.74, 6) is -0.960. The fraction of sp³-hybridized carbons (Fsp3) is 0.286. The van der Waals surface area contributed by atoms with E-state index in [0.29, 0.717) is 11.1 Å². The van der Waals surface area contributed by atoms with Gasteiger partial charge < -0.3 is 20.1 Å². The van der Waals surface area contributed by atoms with Gasteiger partial charge in [-0.2, -0.15) is 0 Å². The number of carbonyl (C=O) groups is 1. The molecule has 0 fully saturated rings. The number of hydrogen-bond acceptors (Lipinski definition) is 5. The molecule has 0 saturated heterocycles. The van der Waals surface area contributed by atoms with Crippen LogP contribution < -0.4 is 5.63 Å². The predicted molar refractivity (Wildman–Crippen MR) is 76.5 cm³/mol. The zero-order valence-electron chi connectivity index (χ0n) is 11.7. The van der Waals surface area contributed by atoms with E-state index < -0.39 is 11.6 Å². The number of phenolic OH excluding ortho intramolecular Hbond substituents is 1. The van der Waals surface area contributed by atoms with Crippen molar-refractivity contribution in [1.82, 2.24) is 4.90 Å². The van der Waals surface area contributed by atoms with Crippen LogP contribution in [0.5, 0.6) is 5.75 Å². The average Bonchev–Trinajstić information content (AvgIpc) is 2.29. The molecule has 4 N–H and O–H groups in total. The number of nitrogens with zero attached hydrogens (tertiary/aromatic N) is 1. The third-order valence-electron chi connectivity index (χ3n) is 3.00. The first-order valence-corrected chi connectivity index (χ1v) is 6.03. The van der Waals surface area contributed by atoms with Crippen molar-refractivity contribution in [3.63, 3.8) is 0 Å². The van der Waals surface area contributed by atoms with Crippen molar-refractivity contribution in [1.29, 1.82) is 0 Å². The van der Waals surface area contributed by atoms with E-state index in [9.17, 15) is 14.7 Å². The lowest BCUT2D eigenvalue weighted by molar-refractivity contribution is -0.138. The average molecular weight is 295 g/mol. The predicted octanol–water partition coefficient (Wildman–Crippen LogP) is 0.499. The molecule has 0 aliphatic carbocycles. The second-order valence-corrected chi connectivity index (χ2v) is 4.79. The van der Waals surface area contributed by atoms with Crippen LogP contribution in [0.4, 0.5) is 0 Å². The lowest BCUT2D eigenvalue weighted by Crippen LogP contribution is -2.25. The van der Waals surface area contributed by atoms with Gasteiger partial charge in [-0.25, -0.2) is 4.79 Å². The summed E-state index contributed by atoms with van der Waals surface area (Å²) in [5, 5.41) is 19.4. The first-order chi connectivity index (χ1) is 9.36. The SMILES string of the molecule is Cc1cc(=O)oc2cc(O)c(CN(C)CC(=O)O)cc12.O. The standard InChI is InChI=1S/C14H15NO5.H2O/c1-8-3-14(19)20-12-5-11(16)9(4-10(8)12)6-15(2)7-13(17)18;/h3-5,16H,6-7H2,1-2H3,(H,17,18);1H2. The first kappa shape index (κ1) is 16.7. The van der Waals surface area contributed by atoms with Crippen LogP contribution in [0.15, 0.2) is 27.4 Å². The molecule has 21 heavy (non-hydrogen) atoms. The minimum Gasteiger partial charge on any atom is -0.507 e. The Bertz CT molecular complexity index is 721. The lowest BCUT2D eigenvalue weighted by Gasteiger charge is -2.15. The molecule has 1 aromatic carbocycles. The van der Waals surface area contributed by atoms with E-state index in [-0.39, 0.29) is 24.3 Å². The fourth-order valence-corrected chi connectivity index (χ4v) is 2.10. The number of rotatable bonds is 4. The van der Waals surface area contributed by atoms with Gasteiger partial charge in [0.25, 0.3) is 0 Å². The highest BCUT2D eigenvalue weighted by Crippen LogP contribution is 2.27. The van der Waals surface area contributed by atoms with E-state index in [4.69, 9.17) is 9.52 Å². The van der Waals surface area contributed by atoms with Crippen LogP contribution in [0.25, 0.3) is 11.0 Å². The zero-order valence-corrected chi connectivity index (χ0v) is 11.7. The third kappa shape index (κ3) is 3.80. The molecule has 0 atom stereocenters. The molecule has 2 rings (SSSR count). The van der Waals surface area contributed by atoms with Crippen LogP contribution >= 0.6 is 0 Å². The molecule has 0 saturated carbocycles. The summed E-state index contributed by atoms with van der Waals surface area (Å²) < 4.78 is 5.02. The van der Waals surface area contributed by atoms with Gasteiger partial charge in [-0.1, -0.05) is 0 Å². The van der Waals surface area contributed by atoms with Crippen molar-refractivity contribution in [3.8, 4) is 5.75 Å². The van der Waals surface area contributed by atoms with E-state index in [0.717, 1.165) is 10.9 Å². The number of aliphatic carboxylic acids is 1. The van der Waals surface area contributed by atoms with Gasteiger partial charge in [-0.3, -0.25) is 9.69 Å². The van der Waals surface area contributed by atoms with Gasteiger partial charge in [-0.05, 0) is 25.6 Å². The molecule has 1 heterocycles. The summed E-state index contributed by atoms with van der Waals surface area (Å²) in [6.07, 6.45) is 0. The number of fused-ring (bicyclic) bond motifs is 1. The van der Waals surface area contributed by atoms with Gasteiger partial charge >= 0.3 is 11.6 Å². The molecule has 0 radical (unpaired) electrons. The monoisotopic (exact) mass is 295 g/mol. The molecule has 0 spiro atoms. The van der Waals surface area contributed by atoms with Crippen molar-refractivity contribution >= 4 is 16.9 Å². The highest BCUT2D eigenvalue weighted by molar-refractivity contribution is 5.82. The summed E-state index contributed by atoms with van der Waals surface area (Å²) in [6, 6.07) is 4.47. The van der Waals surface area contributed by atoms with Crippen LogP contribution in [0.1, 0.15) is 11.1 Å². The van der Waals surface area contributed by atoms with Gasteiger partial charge in [0.2, 0.25) is 0 Å². The quantitative estimate of drug-likeness (QED) is 0.792. The molecule has 7 heteroatoms. The van der Waals surface area contributed by atoms with Crippen molar-refractivity contribution in [2.75, 3.05) is 13.6 Å². The van der Waals surface area contributed by atoms with Crippen LogP contribution in [0.3, 0.4) is 0 Å². The number of phenols is 1. The Morgan fingerprint density at radius 3 is 2.62 bits per heavy atom. The Morgan fingerprint density at radius 1 is 1.33 bits per heavy atom. The Labute approximate surface area is 120 Å². The number of aryl methyl sites for hydroxylation is 1. The molecule has 2 aromatic rings. The molecular weight excluding hydrogens is 278 g/mol. The van der Waals surface area contributed by atoms with Gasteiger partial charge in [0.05, 0.1) is 6.54 Å². The van der Waals surface area contributed by atoms with Gasteiger partial charge in [0, 0.05) is 29.6 Å². The number of carboxylic acid groups (broad SMARTS) is 1. The largest absolute Gasteiger partial charge is 0.507 e. The Kier molecular flexibility index (Phi) is 5.07. The zero-order chi connectivity index (χ0) is 14.9. The smallest absolute Gasteiger partial charge is 0.336 e. The normalized spacial score (nSPS) is 10.6. The van der Waals surface area contributed by atoms with Crippen molar-refractivity contribution in [3.05, 3.63) is 39.7 Å². The molecule has 0 amide bonds. The number of likely N-dealkylation sites (N-methyl/N-ethyl adjacent to an activating group) is 1. The maximum atomic E-state index is 11.3. The Balaban J connectivity index is 0.00000220. The molecule has 0 unspecified atom stereocenters. The van der Waals surface area contributed by atoms with Crippen LogP contribution in [0, 0.1) is 6.92 Å². The second kappa shape index (κ2) is 6.38. The van der Waals surface area contributed by atoms with E-state index in [1.165, 1.54) is 12.1 Å². The second-order valence-electron chi connectivity index (χ2n) is 4.79. The van der Waals surface area contributed by atoms with E-state index in [1.54, 1.807) is 24.9 Å². The summed E-state index contributed by atoms with van der Waals surface area (Å²) in [7, 11) is 1.65. The summed E-state index contributed by atoms with van der Waals surface area (Å²) in [5.41, 5.74) is 1.18. The molecule has 0 aliphatic heterocycles. The van der Waals surface area contributed by atoms with Gasteiger partial charge in [0.15, 0.2) is 0 Å². The van der Waals surface area contributed by atoms with Crippen molar-refractivity contribution in [2.45, 2.75) is 13.5 Å². The molecule has 7 nitrogen and oxygen atoms in total. The van der Waals surface area contributed by atoms with E-state index in [2.05, 4.69) is 0 Å². The number of carboxylic acids is 1. The Morgan fingerprint density at radius 2 is 2.00 bits per heavy atom. The summed E-state index contributed by atoms with van der Waals surface area (Å²) in [6.45, 7) is 1.94. The van der Waals surface area contributed by atoms with Crippen molar-refractivity contribution < 1.29 is 24.9 Å². The molecular formula is C14H17NO6. The molecule has 0 bridgehead atoms. The van der Waals surface area contributed by atoms with Crippen LogP contribution in [0.2, 0.25) is 0 Å². The first-order valence-electron chi connectivity index (χ1n) is 6.03. The highest BCUT2D eigenvalue weighted by atomic mass is 16.4. The van der Waals surface area contributed by atoms with Crippen LogP contribution in [-0.2, 0) is 11.3 Å². The highest BCUT2D eigenvalue weighted by Gasteiger charge is 2.12. The van der Waals surface area contributed by atoms with Gasteiger partial charge in [0.1, 0.15) is 11.3 Å². The Hall–Kier alpha value is -2.38. The number of hydrogen-bond donors (Lipinski definition) is 2. The maximum absolute atomic E-state index is 11.3.